The van der Waals surface area contributed by atoms with E-state index in [1.54, 1.807) is 5.57 Å². The van der Waals surface area contributed by atoms with Crippen LogP contribution in [0.15, 0.2) is 35.9 Å². The molecule has 0 aromatic heterocycles. The fraction of sp³-hybridized carbons (Fsp3) is 0.719. The van der Waals surface area contributed by atoms with Crippen LogP contribution in [-0.2, 0) is 6.42 Å². The lowest BCUT2D eigenvalue weighted by atomic mass is 9.46. The number of aryl methyl sites for hydroxylation is 1. The maximum atomic E-state index is 11.0. The van der Waals surface area contributed by atoms with Gasteiger partial charge in [0.05, 0.1) is 17.2 Å². The summed E-state index contributed by atoms with van der Waals surface area (Å²) in [6.07, 6.45) is 18.4. The van der Waals surface area contributed by atoms with Gasteiger partial charge in [-0.25, -0.2) is 0 Å². The molecule has 0 aliphatic heterocycles. The zero-order valence-corrected chi connectivity index (χ0v) is 21.8. The number of fused-ring (bicyclic) bond motifs is 5. The van der Waals surface area contributed by atoms with Crippen molar-refractivity contribution in [3.05, 3.63) is 47.0 Å². The van der Waals surface area contributed by atoms with Crippen LogP contribution in [0.5, 0.6) is 0 Å². The Morgan fingerprint density at radius 3 is 2.65 bits per heavy atom. The quantitative estimate of drug-likeness (QED) is 0.346. The molecule has 0 bridgehead atoms. The lowest BCUT2D eigenvalue weighted by Gasteiger charge is -2.59. The van der Waals surface area contributed by atoms with Crippen molar-refractivity contribution in [2.24, 2.45) is 34.5 Å². The van der Waals surface area contributed by atoms with E-state index in [0.29, 0.717) is 10.8 Å². The summed E-state index contributed by atoms with van der Waals surface area (Å²) < 4.78 is 0. The summed E-state index contributed by atoms with van der Waals surface area (Å²) in [6.45, 7) is 7.36. The standard InChI is InChI=1S/C32H45NO/c1-4-32(34)20-19-31(3)26(21-32)13-15-27-28-16-14-25(30(28,2)18-17-29(27)31)12-8-7-10-23-9-5-6-11-24(23)22-33/h5-6,9,11,13,25,27-29,34H,4,7-8,10,12,14-21H2,1-3H3/t25-,27?,28-,29-,30?,31?,32-/m0/s1. The molecule has 0 heterocycles. The molecule has 2 heteroatoms. The molecule has 3 fully saturated rings. The smallest absolute Gasteiger partial charge is 0.0994 e. The van der Waals surface area contributed by atoms with E-state index in [1.807, 2.05) is 12.1 Å². The molecule has 7 atom stereocenters. The topological polar surface area (TPSA) is 44.0 Å². The van der Waals surface area contributed by atoms with Gasteiger partial charge in [0.15, 0.2) is 0 Å². The Kier molecular flexibility index (Phi) is 6.48. The molecule has 1 aromatic carbocycles. The van der Waals surface area contributed by atoms with Crippen LogP contribution in [0.2, 0.25) is 0 Å². The van der Waals surface area contributed by atoms with Gasteiger partial charge < -0.3 is 5.11 Å². The van der Waals surface area contributed by atoms with Crippen LogP contribution >= 0.6 is 0 Å². The summed E-state index contributed by atoms with van der Waals surface area (Å²) in [6, 6.07) is 10.5. The Morgan fingerprint density at radius 1 is 1.03 bits per heavy atom. The first-order chi connectivity index (χ1) is 16.3. The number of allylic oxidation sites excluding steroid dienone is 1. The fourth-order valence-corrected chi connectivity index (χ4v) is 9.15. The zero-order chi connectivity index (χ0) is 24.0. The third-order valence-electron chi connectivity index (χ3n) is 11.5. The molecular weight excluding hydrogens is 414 g/mol. The second-order valence-corrected chi connectivity index (χ2v) is 12.8. The predicted octanol–water partition coefficient (Wildman–Crippen LogP) is 7.99. The number of rotatable bonds is 6. The van der Waals surface area contributed by atoms with E-state index >= 15 is 0 Å². The van der Waals surface area contributed by atoms with Gasteiger partial charge in [-0.05, 0) is 123 Å². The number of hydrogen-bond acceptors (Lipinski definition) is 2. The lowest BCUT2D eigenvalue weighted by Crippen LogP contribution is -2.52. The van der Waals surface area contributed by atoms with E-state index < -0.39 is 5.60 Å². The molecule has 4 aliphatic rings. The van der Waals surface area contributed by atoms with Crippen LogP contribution < -0.4 is 0 Å². The molecule has 3 unspecified atom stereocenters. The Hall–Kier alpha value is -1.59. The number of nitrogens with zero attached hydrogens (tertiary/aromatic N) is 1. The highest BCUT2D eigenvalue weighted by atomic mass is 16.3. The molecule has 4 aliphatic carbocycles. The summed E-state index contributed by atoms with van der Waals surface area (Å²) in [5.74, 6) is 3.44. The largest absolute Gasteiger partial charge is 0.390 e. The lowest BCUT2D eigenvalue weighted by molar-refractivity contribution is -0.0716. The molecule has 0 radical (unpaired) electrons. The number of hydrogen-bond donors (Lipinski definition) is 1. The normalized spacial score (nSPS) is 41.1. The van der Waals surface area contributed by atoms with Gasteiger partial charge in [0.2, 0.25) is 0 Å². The Bertz CT molecular complexity index is 973. The number of benzene rings is 1. The molecule has 0 amide bonds. The first kappa shape index (κ1) is 24.1. The van der Waals surface area contributed by atoms with E-state index in [-0.39, 0.29) is 0 Å². The van der Waals surface area contributed by atoms with Gasteiger partial charge in [-0.2, -0.15) is 5.26 Å². The second kappa shape index (κ2) is 9.13. The van der Waals surface area contributed by atoms with Gasteiger partial charge in [0.25, 0.3) is 0 Å². The van der Waals surface area contributed by atoms with E-state index in [0.717, 1.165) is 54.9 Å². The first-order valence-corrected chi connectivity index (χ1v) is 14.2. The van der Waals surface area contributed by atoms with E-state index in [4.69, 9.17) is 0 Å². The number of unbranched alkanes of at least 4 members (excludes halogenated alkanes) is 1. The highest BCUT2D eigenvalue weighted by Crippen LogP contribution is 2.67. The summed E-state index contributed by atoms with van der Waals surface area (Å²) in [5, 5.41) is 20.4. The van der Waals surface area contributed by atoms with Crippen LogP contribution in [0.4, 0.5) is 0 Å². The molecule has 2 nitrogen and oxygen atoms in total. The monoisotopic (exact) mass is 459 g/mol. The Balaban J connectivity index is 1.23. The highest BCUT2D eigenvalue weighted by Gasteiger charge is 2.59. The number of nitriles is 1. The molecule has 1 N–H and O–H groups in total. The molecule has 1 aromatic rings. The average molecular weight is 460 g/mol. The van der Waals surface area contributed by atoms with Gasteiger partial charge in [0, 0.05) is 0 Å². The van der Waals surface area contributed by atoms with Crippen molar-refractivity contribution in [3.8, 4) is 6.07 Å². The van der Waals surface area contributed by atoms with Crippen molar-refractivity contribution in [3.63, 3.8) is 0 Å². The average Bonchev–Trinajstić information content (AvgIpc) is 3.19. The molecule has 34 heavy (non-hydrogen) atoms. The van der Waals surface area contributed by atoms with E-state index in [1.165, 1.54) is 63.4 Å². The minimum Gasteiger partial charge on any atom is -0.390 e. The first-order valence-electron chi connectivity index (χ1n) is 14.2. The maximum Gasteiger partial charge on any atom is 0.0994 e. The fourth-order valence-electron chi connectivity index (χ4n) is 9.15. The number of aliphatic hydroxyl groups is 1. The van der Waals surface area contributed by atoms with Crippen molar-refractivity contribution in [1.29, 1.82) is 5.26 Å². The Morgan fingerprint density at radius 2 is 1.85 bits per heavy atom. The highest BCUT2D eigenvalue weighted by molar-refractivity contribution is 5.37. The third-order valence-corrected chi connectivity index (χ3v) is 11.5. The third kappa shape index (κ3) is 3.97. The molecule has 0 spiro atoms. The molecular formula is C32H45NO. The minimum atomic E-state index is -0.451. The molecule has 0 saturated heterocycles. The van der Waals surface area contributed by atoms with Crippen molar-refractivity contribution >= 4 is 0 Å². The van der Waals surface area contributed by atoms with Gasteiger partial charge in [-0.1, -0.05) is 57.0 Å². The van der Waals surface area contributed by atoms with Crippen molar-refractivity contribution in [2.75, 3.05) is 0 Å². The molecule has 184 valence electrons. The van der Waals surface area contributed by atoms with Crippen molar-refractivity contribution in [1.82, 2.24) is 0 Å². The second-order valence-electron chi connectivity index (χ2n) is 12.8. The molecule has 3 saturated carbocycles. The molecule has 5 rings (SSSR count). The van der Waals surface area contributed by atoms with Gasteiger partial charge in [-0.15, -0.1) is 0 Å². The van der Waals surface area contributed by atoms with Gasteiger partial charge >= 0.3 is 0 Å². The summed E-state index contributed by atoms with van der Waals surface area (Å²) >= 11 is 0. The minimum absolute atomic E-state index is 0.331. The van der Waals surface area contributed by atoms with E-state index in [2.05, 4.69) is 45.0 Å². The van der Waals surface area contributed by atoms with Crippen molar-refractivity contribution in [2.45, 2.75) is 110 Å². The van der Waals surface area contributed by atoms with Crippen LogP contribution in [-0.4, -0.2) is 10.7 Å². The van der Waals surface area contributed by atoms with Crippen LogP contribution in [0, 0.1) is 45.8 Å². The summed E-state index contributed by atoms with van der Waals surface area (Å²) in [4.78, 5) is 0. The Labute approximate surface area is 207 Å². The SMILES string of the molecule is CC[C@]1(O)CCC2(C)C(=CCC3[C@@H]2CCC2(C)[C@@H](CCCCc4ccccc4C#N)CC[C@@H]32)C1. The van der Waals surface area contributed by atoms with E-state index in [9.17, 15) is 10.4 Å². The van der Waals surface area contributed by atoms with Crippen LogP contribution in [0.25, 0.3) is 0 Å². The zero-order valence-electron chi connectivity index (χ0n) is 21.8. The summed E-state index contributed by atoms with van der Waals surface area (Å²) in [7, 11) is 0. The van der Waals surface area contributed by atoms with Crippen molar-refractivity contribution < 1.29 is 5.11 Å². The van der Waals surface area contributed by atoms with Gasteiger partial charge in [-0.3, -0.25) is 0 Å². The summed E-state index contributed by atoms with van der Waals surface area (Å²) in [5.41, 5.74) is 4.08. The maximum absolute atomic E-state index is 11.0. The van der Waals surface area contributed by atoms with Gasteiger partial charge in [0.1, 0.15) is 0 Å². The van der Waals surface area contributed by atoms with Crippen LogP contribution in [0.3, 0.4) is 0 Å². The van der Waals surface area contributed by atoms with Crippen LogP contribution in [0.1, 0.15) is 109 Å². The predicted molar refractivity (Wildman–Crippen MR) is 139 cm³/mol.